The predicted octanol–water partition coefficient (Wildman–Crippen LogP) is 3.80. The van der Waals surface area contributed by atoms with Gasteiger partial charge >= 0.3 is 0 Å². The minimum Gasteiger partial charge on any atom is -0.487 e. The second-order valence-electron chi connectivity index (χ2n) is 5.19. The zero-order valence-corrected chi connectivity index (χ0v) is 12.5. The van der Waals surface area contributed by atoms with Crippen LogP contribution in [0.3, 0.4) is 0 Å². The number of H-pyrrole nitrogens is 1. The molecule has 112 valence electrons. The highest BCUT2D eigenvalue weighted by atomic mass is 16.5. The molecule has 1 heterocycles. The topological polar surface area (TPSA) is 63.9 Å². The lowest BCUT2D eigenvalue weighted by atomic mass is 10.1. The first-order chi connectivity index (χ1) is 10.7. The molecule has 22 heavy (non-hydrogen) atoms. The van der Waals surface area contributed by atoms with Crippen LogP contribution in [0, 0.1) is 0 Å². The van der Waals surface area contributed by atoms with Gasteiger partial charge in [-0.15, -0.1) is 0 Å². The summed E-state index contributed by atoms with van der Waals surface area (Å²) in [5, 5.41) is 7.33. The largest absolute Gasteiger partial charge is 0.487 e. The first-order valence-electron chi connectivity index (χ1n) is 7.36. The Morgan fingerprint density at radius 1 is 1.09 bits per heavy atom. The van der Waals surface area contributed by atoms with Crippen molar-refractivity contribution >= 4 is 5.69 Å². The second kappa shape index (κ2) is 6.35. The summed E-state index contributed by atoms with van der Waals surface area (Å²) >= 11 is 0. The van der Waals surface area contributed by atoms with E-state index in [0.29, 0.717) is 6.61 Å². The van der Waals surface area contributed by atoms with Crippen molar-refractivity contribution in [1.29, 1.82) is 0 Å². The lowest BCUT2D eigenvalue weighted by molar-refractivity contribution is 0.301. The van der Waals surface area contributed by atoms with Gasteiger partial charge in [0.05, 0.1) is 11.4 Å². The maximum atomic E-state index is 5.81. The fraction of sp³-hybridized carbons (Fsp3) is 0.167. The van der Waals surface area contributed by atoms with E-state index in [1.54, 1.807) is 0 Å². The fourth-order valence-corrected chi connectivity index (χ4v) is 2.25. The van der Waals surface area contributed by atoms with Crippen molar-refractivity contribution in [2.75, 3.05) is 5.73 Å². The van der Waals surface area contributed by atoms with Crippen molar-refractivity contribution in [2.24, 2.45) is 0 Å². The molecule has 3 aromatic rings. The van der Waals surface area contributed by atoms with Gasteiger partial charge in [0.25, 0.3) is 0 Å². The lowest BCUT2D eigenvalue weighted by Crippen LogP contribution is -1.96. The highest BCUT2D eigenvalue weighted by molar-refractivity contribution is 5.61. The van der Waals surface area contributed by atoms with Gasteiger partial charge in [0.15, 0.2) is 0 Å². The maximum absolute atomic E-state index is 5.81. The Morgan fingerprint density at radius 3 is 2.68 bits per heavy atom. The summed E-state index contributed by atoms with van der Waals surface area (Å²) in [6, 6.07) is 17.8. The first kappa shape index (κ1) is 14.2. The highest BCUT2D eigenvalue weighted by Gasteiger charge is 2.05. The van der Waals surface area contributed by atoms with Crippen LogP contribution in [0.15, 0.2) is 54.6 Å². The van der Waals surface area contributed by atoms with Gasteiger partial charge < -0.3 is 10.5 Å². The Labute approximate surface area is 129 Å². The van der Waals surface area contributed by atoms with Crippen molar-refractivity contribution in [3.8, 4) is 17.0 Å². The predicted molar refractivity (Wildman–Crippen MR) is 88.6 cm³/mol. The number of aromatic amines is 1. The van der Waals surface area contributed by atoms with E-state index in [-0.39, 0.29) is 0 Å². The number of nitrogen functional groups attached to an aromatic ring is 1. The minimum atomic E-state index is 0.467. The summed E-state index contributed by atoms with van der Waals surface area (Å²) in [6.07, 6.45) is 1.00. The van der Waals surface area contributed by atoms with Crippen molar-refractivity contribution < 1.29 is 4.74 Å². The number of hydrogen-bond acceptors (Lipinski definition) is 3. The average molecular weight is 293 g/mol. The third-order valence-electron chi connectivity index (χ3n) is 3.54. The van der Waals surface area contributed by atoms with Crippen LogP contribution in [0.4, 0.5) is 5.69 Å². The van der Waals surface area contributed by atoms with Gasteiger partial charge in [-0.3, -0.25) is 5.10 Å². The van der Waals surface area contributed by atoms with Gasteiger partial charge in [-0.25, -0.2) is 0 Å². The van der Waals surface area contributed by atoms with E-state index in [4.69, 9.17) is 10.5 Å². The Bertz CT molecular complexity index is 747. The van der Waals surface area contributed by atoms with Crippen LogP contribution in [0.25, 0.3) is 11.3 Å². The third-order valence-corrected chi connectivity index (χ3v) is 3.54. The number of aryl methyl sites for hydroxylation is 1. The van der Waals surface area contributed by atoms with Crippen molar-refractivity contribution in [2.45, 2.75) is 20.0 Å². The smallest absolute Gasteiger partial charge is 0.130 e. The molecule has 0 saturated carbocycles. The summed E-state index contributed by atoms with van der Waals surface area (Å²) in [6.45, 7) is 2.60. The van der Waals surface area contributed by atoms with Crippen LogP contribution >= 0.6 is 0 Å². The first-order valence-corrected chi connectivity index (χ1v) is 7.36. The standard InChI is InChI=1S/C18H19N3O/c1-2-13-4-3-5-17(10-13)22-12-16-11-18(21-20-16)14-6-8-15(19)9-7-14/h3-11H,2,12,19H2,1H3,(H,20,21). The van der Waals surface area contributed by atoms with E-state index in [1.165, 1.54) is 5.56 Å². The molecule has 1 aromatic heterocycles. The van der Waals surface area contributed by atoms with Crippen LogP contribution in [-0.4, -0.2) is 10.2 Å². The molecule has 0 fully saturated rings. The Kier molecular flexibility index (Phi) is 4.10. The Morgan fingerprint density at radius 2 is 1.91 bits per heavy atom. The molecule has 0 amide bonds. The van der Waals surface area contributed by atoms with Gasteiger partial charge in [-0.05, 0) is 42.3 Å². The Balaban J connectivity index is 1.67. The van der Waals surface area contributed by atoms with E-state index in [2.05, 4.69) is 29.3 Å². The quantitative estimate of drug-likeness (QED) is 0.703. The minimum absolute atomic E-state index is 0.467. The molecule has 0 saturated heterocycles. The molecule has 0 atom stereocenters. The molecule has 0 radical (unpaired) electrons. The van der Waals surface area contributed by atoms with E-state index in [1.807, 2.05) is 42.5 Å². The number of nitrogens with two attached hydrogens (primary N) is 1. The fourth-order valence-electron chi connectivity index (χ4n) is 2.25. The molecule has 4 heteroatoms. The Hall–Kier alpha value is -2.75. The van der Waals surface area contributed by atoms with Gasteiger partial charge in [0.1, 0.15) is 12.4 Å². The highest BCUT2D eigenvalue weighted by Crippen LogP contribution is 2.20. The molecule has 3 rings (SSSR count). The molecule has 0 aliphatic rings. The molecule has 0 bridgehead atoms. The summed E-state index contributed by atoms with van der Waals surface area (Å²) in [4.78, 5) is 0. The second-order valence-corrected chi connectivity index (χ2v) is 5.19. The zero-order valence-electron chi connectivity index (χ0n) is 12.5. The molecule has 4 nitrogen and oxygen atoms in total. The van der Waals surface area contributed by atoms with Gasteiger partial charge in [0, 0.05) is 11.3 Å². The van der Waals surface area contributed by atoms with Crippen molar-refractivity contribution in [3.63, 3.8) is 0 Å². The number of anilines is 1. The number of nitrogens with zero attached hydrogens (tertiary/aromatic N) is 1. The molecule has 3 N–H and O–H groups in total. The van der Waals surface area contributed by atoms with Crippen LogP contribution in [0.5, 0.6) is 5.75 Å². The van der Waals surface area contributed by atoms with Crippen molar-refractivity contribution in [3.05, 3.63) is 65.9 Å². The summed E-state index contributed by atoms with van der Waals surface area (Å²) in [7, 11) is 0. The number of hydrogen-bond donors (Lipinski definition) is 2. The SMILES string of the molecule is CCc1cccc(OCc2cc(-c3ccc(N)cc3)n[nH]2)c1. The summed E-state index contributed by atoms with van der Waals surface area (Å²) in [5.41, 5.74) is 10.6. The zero-order chi connectivity index (χ0) is 15.4. The van der Waals surface area contributed by atoms with E-state index in [0.717, 1.165) is 34.8 Å². The molecule has 0 unspecified atom stereocenters. The molecule has 2 aromatic carbocycles. The maximum Gasteiger partial charge on any atom is 0.130 e. The lowest BCUT2D eigenvalue weighted by Gasteiger charge is -2.05. The molecule has 0 aliphatic carbocycles. The number of benzene rings is 2. The van der Waals surface area contributed by atoms with Crippen LogP contribution in [0.2, 0.25) is 0 Å². The third kappa shape index (κ3) is 3.28. The van der Waals surface area contributed by atoms with E-state index >= 15 is 0 Å². The van der Waals surface area contributed by atoms with Crippen LogP contribution in [-0.2, 0) is 13.0 Å². The van der Waals surface area contributed by atoms with Gasteiger partial charge in [0.2, 0.25) is 0 Å². The van der Waals surface area contributed by atoms with Crippen molar-refractivity contribution in [1.82, 2.24) is 10.2 Å². The number of rotatable bonds is 5. The van der Waals surface area contributed by atoms with Gasteiger partial charge in [-0.1, -0.05) is 31.2 Å². The molecule has 0 spiro atoms. The summed E-state index contributed by atoms with van der Waals surface area (Å²) < 4.78 is 5.81. The number of nitrogens with one attached hydrogen (secondary N) is 1. The molecular weight excluding hydrogens is 274 g/mol. The summed E-state index contributed by atoms with van der Waals surface area (Å²) in [5.74, 6) is 0.878. The number of ether oxygens (including phenoxy) is 1. The van der Waals surface area contributed by atoms with E-state index < -0.39 is 0 Å². The van der Waals surface area contributed by atoms with E-state index in [9.17, 15) is 0 Å². The van der Waals surface area contributed by atoms with Crippen LogP contribution < -0.4 is 10.5 Å². The van der Waals surface area contributed by atoms with Crippen LogP contribution in [0.1, 0.15) is 18.2 Å². The number of aromatic nitrogens is 2. The van der Waals surface area contributed by atoms with Gasteiger partial charge in [-0.2, -0.15) is 5.10 Å². The molecular formula is C18H19N3O. The average Bonchev–Trinajstić information content (AvgIpc) is 3.03. The normalized spacial score (nSPS) is 10.6. The monoisotopic (exact) mass is 293 g/mol. The molecule has 0 aliphatic heterocycles.